The van der Waals surface area contributed by atoms with E-state index in [1.54, 1.807) is 6.07 Å². The number of aromatic hydroxyl groups is 1. The van der Waals surface area contributed by atoms with Gasteiger partial charge in [0.1, 0.15) is 5.75 Å². The van der Waals surface area contributed by atoms with Gasteiger partial charge in [-0.15, -0.1) is 31.2 Å². The Balaban J connectivity index is -0.000000336. The van der Waals surface area contributed by atoms with Gasteiger partial charge in [0.25, 0.3) is 0 Å². The summed E-state index contributed by atoms with van der Waals surface area (Å²) in [6, 6.07) is 5.71. The van der Waals surface area contributed by atoms with Gasteiger partial charge in [-0.05, 0) is 41.0 Å². The molecule has 1 aliphatic carbocycles. The van der Waals surface area contributed by atoms with Crippen LogP contribution in [0.2, 0.25) is 0 Å². The molecule has 4 heteroatoms. The summed E-state index contributed by atoms with van der Waals surface area (Å²) in [6.45, 7) is 15.1. The molecule has 0 radical (unpaired) electrons. The molecule has 136 valence electrons. The molecule has 0 fully saturated rings. The maximum absolute atomic E-state index is 9.36. The molecule has 0 saturated carbocycles. The van der Waals surface area contributed by atoms with Crippen molar-refractivity contribution >= 4 is 24.8 Å². The molecule has 1 nitrogen and oxygen atoms in total. The van der Waals surface area contributed by atoms with Crippen LogP contribution in [-0.4, -0.2) is 5.11 Å². The van der Waals surface area contributed by atoms with E-state index in [0.717, 1.165) is 12.0 Å². The quantitative estimate of drug-likeness (QED) is 0.382. The molecule has 0 bridgehead atoms. The van der Waals surface area contributed by atoms with Crippen LogP contribution in [0.3, 0.4) is 0 Å². The Morgan fingerprint density at radius 2 is 1.46 bits per heavy atom. The van der Waals surface area contributed by atoms with Crippen molar-refractivity contribution in [3.8, 4) is 5.75 Å². The van der Waals surface area contributed by atoms with E-state index in [1.165, 1.54) is 11.1 Å². The van der Waals surface area contributed by atoms with Crippen LogP contribution >= 0.6 is 24.8 Å². The number of aryl methyl sites for hydroxylation is 1. The smallest absolute Gasteiger partial charge is 0.116 e. The predicted molar refractivity (Wildman–Crippen MR) is 106 cm³/mol. The molecule has 1 aromatic carbocycles. The maximum atomic E-state index is 9.36. The molecular formula is C20H31Cl2OTi-. The van der Waals surface area contributed by atoms with Crippen molar-refractivity contribution in [1.82, 2.24) is 0 Å². The van der Waals surface area contributed by atoms with Crippen molar-refractivity contribution in [2.75, 3.05) is 0 Å². The number of allylic oxidation sites excluding steroid dienone is 4. The number of phenols is 1. The van der Waals surface area contributed by atoms with Gasteiger partial charge in [-0.2, -0.15) is 6.08 Å². The van der Waals surface area contributed by atoms with E-state index in [2.05, 4.69) is 65.8 Å². The molecule has 0 spiro atoms. The SMILES string of the molecule is CC(C)(C)C1=[C-]CC=C1.Cc1cc(O)cc(C(C)(C)C)c1.Cl.Cl.[Ti]. The fourth-order valence-electron chi connectivity index (χ4n) is 2.12. The molecule has 0 atom stereocenters. The molecule has 0 aliphatic heterocycles. The van der Waals surface area contributed by atoms with Crippen LogP contribution in [-0.2, 0) is 27.1 Å². The van der Waals surface area contributed by atoms with Crippen molar-refractivity contribution in [2.45, 2.75) is 60.3 Å². The van der Waals surface area contributed by atoms with Crippen LogP contribution in [0.5, 0.6) is 5.75 Å². The first-order valence-corrected chi connectivity index (χ1v) is 7.59. The van der Waals surface area contributed by atoms with E-state index in [9.17, 15) is 5.11 Å². The Morgan fingerprint density at radius 1 is 0.917 bits per heavy atom. The molecule has 24 heavy (non-hydrogen) atoms. The first-order valence-electron chi connectivity index (χ1n) is 7.59. The number of halogens is 2. The van der Waals surface area contributed by atoms with Crippen LogP contribution in [0.4, 0.5) is 0 Å². The van der Waals surface area contributed by atoms with E-state index >= 15 is 0 Å². The zero-order valence-corrected chi connectivity index (χ0v) is 19.1. The zero-order chi connectivity index (χ0) is 16.3. The summed E-state index contributed by atoms with van der Waals surface area (Å²) in [4.78, 5) is 0. The fourth-order valence-corrected chi connectivity index (χ4v) is 2.12. The monoisotopic (exact) mass is 405 g/mol. The Labute approximate surface area is 175 Å². The Morgan fingerprint density at radius 3 is 1.75 bits per heavy atom. The molecule has 2 rings (SSSR count). The summed E-state index contributed by atoms with van der Waals surface area (Å²) in [7, 11) is 0. The van der Waals surface area contributed by atoms with Gasteiger partial charge in [-0.3, -0.25) is 6.08 Å². The normalized spacial score (nSPS) is 12.7. The average Bonchev–Trinajstić information content (AvgIpc) is 2.79. The van der Waals surface area contributed by atoms with Crippen molar-refractivity contribution < 1.29 is 26.8 Å². The minimum absolute atomic E-state index is 0. The van der Waals surface area contributed by atoms with Crippen LogP contribution in [0, 0.1) is 18.4 Å². The van der Waals surface area contributed by atoms with Crippen molar-refractivity contribution in [1.29, 1.82) is 0 Å². The number of hydrogen-bond acceptors (Lipinski definition) is 1. The third-order valence-electron chi connectivity index (χ3n) is 3.43. The molecule has 1 aliphatic rings. The van der Waals surface area contributed by atoms with E-state index in [4.69, 9.17) is 0 Å². The van der Waals surface area contributed by atoms with Gasteiger partial charge in [-0.25, -0.2) is 11.6 Å². The predicted octanol–water partition coefficient (Wildman–Crippen LogP) is 6.56. The maximum Gasteiger partial charge on any atom is 0.116 e. The number of phenolic OH excluding ortho intramolecular Hbond substituents is 1. The molecule has 0 aromatic heterocycles. The van der Waals surface area contributed by atoms with Crippen LogP contribution in [0.15, 0.2) is 35.9 Å². The van der Waals surface area contributed by atoms with Crippen LogP contribution in [0.25, 0.3) is 0 Å². The second-order valence-electron chi connectivity index (χ2n) is 7.75. The number of rotatable bonds is 0. The van der Waals surface area contributed by atoms with E-state index in [1.807, 2.05) is 13.0 Å². The van der Waals surface area contributed by atoms with Crippen molar-refractivity contribution in [2.24, 2.45) is 5.41 Å². The molecule has 0 unspecified atom stereocenters. The fraction of sp³-hybridized carbons (Fsp3) is 0.500. The standard InChI is InChI=1S/C11H16O.C9H13.2ClH.Ti/c1-8-5-9(11(2,3)4)7-10(12)6-8;1-9(2,3)8-6-4-5-7-8;;;/h5-7,12H,1-4H3;4,6H,5H2,1-3H3;2*1H;/q;-1;;;. The Hall–Kier alpha value is -0.206. The average molecular weight is 406 g/mol. The van der Waals surface area contributed by atoms with Crippen LogP contribution < -0.4 is 0 Å². The van der Waals surface area contributed by atoms with Crippen molar-refractivity contribution in [3.63, 3.8) is 0 Å². The summed E-state index contributed by atoms with van der Waals surface area (Å²) >= 11 is 0. The zero-order valence-electron chi connectivity index (χ0n) is 15.9. The second-order valence-corrected chi connectivity index (χ2v) is 7.75. The van der Waals surface area contributed by atoms with Gasteiger partial charge >= 0.3 is 0 Å². The minimum Gasteiger partial charge on any atom is -0.508 e. The van der Waals surface area contributed by atoms with E-state index < -0.39 is 0 Å². The van der Waals surface area contributed by atoms with Crippen LogP contribution in [0.1, 0.15) is 59.1 Å². The summed E-state index contributed by atoms with van der Waals surface area (Å²) in [6.07, 6.45) is 8.63. The van der Waals surface area contributed by atoms with Gasteiger partial charge in [-0.1, -0.05) is 47.6 Å². The van der Waals surface area contributed by atoms with E-state index in [-0.39, 0.29) is 51.9 Å². The topological polar surface area (TPSA) is 20.2 Å². The molecule has 1 aromatic rings. The number of hydrogen-bond donors (Lipinski definition) is 1. The molecular weight excluding hydrogens is 375 g/mol. The Kier molecular flexibility index (Phi) is 13.6. The molecule has 0 heterocycles. The summed E-state index contributed by atoms with van der Waals surface area (Å²) in [5.41, 5.74) is 4.05. The molecule has 1 N–H and O–H groups in total. The summed E-state index contributed by atoms with van der Waals surface area (Å²) in [5.74, 6) is 0.361. The van der Waals surface area contributed by atoms with Crippen molar-refractivity contribution in [3.05, 3.63) is 53.1 Å². The van der Waals surface area contributed by atoms with Gasteiger partial charge < -0.3 is 5.11 Å². The third kappa shape index (κ3) is 9.94. The second kappa shape index (κ2) is 11.4. The summed E-state index contributed by atoms with van der Waals surface area (Å²) < 4.78 is 0. The van der Waals surface area contributed by atoms with Gasteiger partial charge in [0.2, 0.25) is 0 Å². The van der Waals surface area contributed by atoms with Gasteiger partial charge in [0.05, 0.1) is 0 Å². The first-order chi connectivity index (χ1) is 9.50. The number of benzene rings is 1. The van der Waals surface area contributed by atoms with Gasteiger partial charge in [0, 0.05) is 21.7 Å². The Bertz CT molecular complexity index is 529. The third-order valence-corrected chi connectivity index (χ3v) is 3.43. The molecule has 0 amide bonds. The van der Waals surface area contributed by atoms with Gasteiger partial charge in [0.15, 0.2) is 0 Å². The van der Waals surface area contributed by atoms with E-state index in [0.29, 0.717) is 11.2 Å². The first kappa shape index (κ1) is 28.6. The largest absolute Gasteiger partial charge is 0.508 e. The minimum atomic E-state index is 0. The molecule has 0 saturated heterocycles. The summed E-state index contributed by atoms with van der Waals surface area (Å²) in [5, 5.41) is 9.36.